The Morgan fingerprint density at radius 2 is 1.91 bits per heavy atom. The van der Waals surface area contributed by atoms with E-state index < -0.39 is 0 Å². The Morgan fingerprint density at radius 3 is 2.74 bits per heavy atom. The monoisotopic (exact) mass is 323 g/mol. The minimum Gasteiger partial charge on any atom is -0.246 e. The highest BCUT2D eigenvalue weighted by atomic mass is 32.2. The van der Waals surface area contributed by atoms with Crippen LogP contribution in [0.25, 0.3) is 0 Å². The van der Waals surface area contributed by atoms with Gasteiger partial charge in [-0.3, -0.25) is 0 Å². The number of thioether (sulfide) groups is 1. The van der Waals surface area contributed by atoms with Gasteiger partial charge in [-0.1, -0.05) is 66.4 Å². The van der Waals surface area contributed by atoms with Crippen LogP contribution in [-0.4, -0.2) is 21.4 Å². The molecule has 116 valence electrons. The molecule has 0 aliphatic heterocycles. The number of rotatable bonds is 6. The molecule has 23 heavy (non-hydrogen) atoms. The molecule has 0 fully saturated rings. The maximum absolute atomic E-state index is 4.36. The summed E-state index contributed by atoms with van der Waals surface area (Å²) in [5.74, 6) is 1.38. The fourth-order valence-electron chi connectivity index (χ4n) is 1.98. The second-order valence-corrected chi connectivity index (χ2v) is 5.90. The van der Waals surface area contributed by atoms with Crippen molar-refractivity contribution in [1.29, 1.82) is 0 Å². The van der Waals surface area contributed by atoms with Crippen molar-refractivity contribution in [3.05, 3.63) is 71.3 Å². The van der Waals surface area contributed by atoms with Crippen LogP contribution >= 0.6 is 11.8 Å². The number of nitrogens with zero attached hydrogens (tertiary/aromatic N) is 3. The number of aromatic nitrogens is 3. The van der Waals surface area contributed by atoms with Crippen LogP contribution in [0.5, 0.6) is 0 Å². The first kappa shape index (κ1) is 15.3. The zero-order valence-corrected chi connectivity index (χ0v) is 13.5. The first-order chi connectivity index (χ1) is 11.3. The van der Waals surface area contributed by atoms with E-state index in [1.54, 1.807) is 18.0 Å². The molecule has 0 saturated heterocycles. The number of nitrogens with one attached hydrogen (secondary N) is 2. The molecule has 0 bridgehead atoms. The van der Waals surface area contributed by atoms with Crippen molar-refractivity contribution in [3.8, 4) is 0 Å². The summed E-state index contributed by atoms with van der Waals surface area (Å²) in [6.45, 7) is 2.11. The van der Waals surface area contributed by atoms with Gasteiger partial charge >= 0.3 is 0 Å². The van der Waals surface area contributed by atoms with Crippen molar-refractivity contribution < 1.29 is 0 Å². The number of H-pyrrole nitrogens is 1. The largest absolute Gasteiger partial charge is 0.246 e. The number of aromatic amines is 1. The lowest BCUT2D eigenvalue weighted by molar-refractivity contribution is 0.972. The van der Waals surface area contributed by atoms with Crippen molar-refractivity contribution in [2.75, 3.05) is 5.43 Å². The molecule has 3 aromatic rings. The lowest BCUT2D eigenvalue weighted by Crippen LogP contribution is -1.92. The molecule has 0 saturated carbocycles. The molecule has 1 aromatic heterocycles. The fraction of sp³-hybridized carbons (Fsp3) is 0.118. The van der Waals surface area contributed by atoms with Gasteiger partial charge in [-0.15, -0.1) is 5.10 Å². The van der Waals surface area contributed by atoms with Crippen molar-refractivity contribution in [2.24, 2.45) is 5.10 Å². The van der Waals surface area contributed by atoms with Gasteiger partial charge in [0.05, 0.1) is 6.21 Å². The minimum absolute atomic E-state index is 0.532. The zero-order valence-electron chi connectivity index (χ0n) is 12.7. The fourth-order valence-corrected chi connectivity index (χ4v) is 2.86. The summed E-state index contributed by atoms with van der Waals surface area (Å²) >= 11 is 1.59. The molecule has 5 nitrogen and oxygen atoms in total. The topological polar surface area (TPSA) is 66.0 Å². The molecular weight excluding hydrogens is 306 g/mol. The van der Waals surface area contributed by atoms with Gasteiger partial charge in [-0.2, -0.15) is 10.1 Å². The van der Waals surface area contributed by atoms with Crippen LogP contribution in [0.15, 0.2) is 64.9 Å². The Bertz CT molecular complexity index is 782. The molecule has 0 spiro atoms. The first-order valence-corrected chi connectivity index (χ1v) is 8.23. The molecule has 0 unspecified atom stereocenters. The van der Waals surface area contributed by atoms with E-state index in [2.05, 4.69) is 44.8 Å². The second-order valence-electron chi connectivity index (χ2n) is 4.96. The molecule has 0 radical (unpaired) electrons. The minimum atomic E-state index is 0.532. The molecule has 2 aromatic carbocycles. The molecule has 0 aliphatic rings. The smallest absolute Gasteiger partial charge is 0.240 e. The van der Waals surface area contributed by atoms with E-state index >= 15 is 0 Å². The van der Waals surface area contributed by atoms with Crippen molar-refractivity contribution in [1.82, 2.24) is 15.2 Å². The Kier molecular flexibility index (Phi) is 5.06. The van der Waals surface area contributed by atoms with Crippen LogP contribution in [0.1, 0.15) is 16.7 Å². The Hall–Kier alpha value is -2.60. The summed E-state index contributed by atoms with van der Waals surface area (Å²) in [6.07, 6.45) is 1.74. The van der Waals surface area contributed by atoms with Gasteiger partial charge < -0.3 is 0 Å². The predicted octanol–water partition coefficient (Wildman–Crippen LogP) is 3.85. The Balaban J connectivity index is 1.54. The molecule has 6 heteroatoms. The van der Waals surface area contributed by atoms with Crippen molar-refractivity contribution in [2.45, 2.75) is 17.8 Å². The summed E-state index contributed by atoms with van der Waals surface area (Å²) in [6, 6.07) is 18.2. The first-order valence-electron chi connectivity index (χ1n) is 7.25. The maximum Gasteiger partial charge on any atom is 0.240 e. The molecular formula is C17H17N5S. The highest BCUT2D eigenvalue weighted by Crippen LogP contribution is 2.21. The third-order valence-electron chi connectivity index (χ3n) is 3.27. The SMILES string of the molecule is Cc1ccccc1CSc1n[nH]c(N/N=C\c2ccccc2)n1. The third-order valence-corrected chi connectivity index (χ3v) is 4.16. The number of hydrazone groups is 1. The van der Waals surface area contributed by atoms with Gasteiger partial charge in [0.1, 0.15) is 0 Å². The summed E-state index contributed by atoms with van der Waals surface area (Å²) < 4.78 is 0. The molecule has 0 atom stereocenters. The van der Waals surface area contributed by atoms with E-state index in [0.29, 0.717) is 11.1 Å². The summed E-state index contributed by atoms with van der Waals surface area (Å²) in [4.78, 5) is 4.36. The van der Waals surface area contributed by atoms with Crippen molar-refractivity contribution >= 4 is 23.9 Å². The van der Waals surface area contributed by atoms with Crippen LogP contribution in [0, 0.1) is 6.92 Å². The van der Waals surface area contributed by atoms with Crippen LogP contribution in [0.4, 0.5) is 5.95 Å². The van der Waals surface area contributed by atoms with Crippen LogP contribution in [-0.2, 0) is 5.75 Å². The molecule has 2 N–H and O–H groups in total. The van der Waals surface area contributed by atoms with Gasteiger partial charge in [0.15, 0.2) is 0 Å². The second kappa shape index (κ2) is 7.60. The Morgan fingerprint density at radius 1 is 1.13 bits per heavy atom. The number of benzene rings is 2. The normalized spacial score (nSPS) is 11.0. The van der Waals surface area contributed by atoms with Crippen molar-refractivity contribution in [3.63, 3.8) is 0 Å². The van der Waals surface area contributed by atoms with Gasteiger partial charge in [0, 0.05) is 5.75 Å². The summed E-state index contributed by atoms with van der Waals surface area (Å²) in [5.41, 5.74) is 6.44. The zero-order chi connectivity index (χ0) is 15.9. The third kappa shape index (κ3) is 4.43. The molecule has 0 aliphatic carbocycles. The van der Waals surface area contributed by atoms with E-state index in [-0.39, 0.29) is 0 Å². The van der Waals surface area contributed by atoms with Crippen LogP contribution in [0.3, 0.4) is 0 Å². The predicted molar refractivity (Wildman–Crippen MR) is 94.8 cm³/mol. The average molecular weight is 323 g/mol. The van der Waals surface area contributed by atoms with Gasteiger partial charge in [0.25, 0.3) is 0 Å². The summed E-state index contributed by atoms with van der Waals surface area (Å²) in [7, 11) is 0. The van der Waals surface area contributed by atoms with E-state index in [1.165, 1.54) is 11.1 Å². The summed E-state index contributed by atoms with van der Waals surface area (Å²) in [5, 5.41) is 11.9. The lowest BCUT2D eigenvalue weighted by Gasteiger charge is -2.02. The standard InChI is InChI=1S/C17H17N5S/c1-13-7-5-6-10-15(13)12-23-17-19-16(21-22-17)20-18-11-14-8-3-2-4-9-14/h2-11H,12H2,1H3,(H2,19,20,21,22)/b18-11-. The number of hydrogen-bond acceptors (Lipinski definition) is 5. The quantitative estimate of drug-likeness (QED) is 0.411. The molecule has 3 rings (SSSR count). The molecule has 1 heterocycles. The maximum atomic E-state index is 4.36. The van der Waals surface area contributed by atoms with E-state index in [1.807, 2.05) is 42.5 Å². The highest BCUT2D eigenvalue weighted by molar-refractivity contribution is 7.98. The number of anilines is 1. The highest BCUT2D eigenvalue weighted by Gasteiger charge is 2.04. The number of aryl methyl sites for hydroxylation is 1. The molecule has 0 amide bonds. The van der Waals surface area contributed by atoms with E-state index in [4.69, 9.17) is 0 Å². The van der Waals surface area contributed by atoms with Gasteiger partial charge in [0.2, 0.25) is 11.1 Å². The van der Waals surface area contributed by atoms with E-state index in [9.17, 15) is 0 Å². The average Bonchev–Trinajstić information content (AvgIpc) is 3.03. The Labute approximate surface area is 139 Å². The van der Waals surface area contributed by atoms with E-state index in [0.717, 1.165) is 11.3 Å². The van der Waals surface area contributed by atoms with Crippen LogP contribution < -0.4 is 5.43 Å². The lowest BCUT2D eigenvalue weighted by atomic mass is 10.1. The van der Waals surface area contributed by atoms with Crippen LogP contribution in [0.2, 0.25) is 0 Å². The van der Waals surface area contributed by atoms with Gasteiger partial charge in [-0.05, 0) is 23.6 Å². The van der Waals surface area contributed by atoms with Gasteiger partial charge in [-0.25, -0.2) is 10.5 Å². The number of hydrogen-bond donors (Lipinski definition) is 2.